The highest BCUT2D eigenvalue weighted by molar-refractivity contribution is 6.32. The van der Waals surface area contributed by atoms with E-state index in [0.717, 1.165) is 10.9 Å². The summed E-state index contributed by atoms with van der Waals surface area (Å²) in [5.74, 6) is -0.500. The maximum atomic E-state index is 11.8. The van der Waals surface area contributed by atoms with Crippen molar-refractivity contribution < 1.29 is 9.53 Å². The van der Waals surface area contributed by atoms with Crippen LogP contribution in [0.4, 0.5) is 0 Å². The summed E-state index contributed by atoms with van der Waals surface area (Å²) >= 11 is 6.11. The maximum Gasteiger partial charge on any atom is 0.356 e. The van der Waals surface area contributed by atoms with Crippen LogP contribution in [0.5, 0.6) is 0 Å². The number of esters is 1. The number of carbonyl (C=O) groups is 1. The number of halogens is 1. The number of fused-ring (bicyclic) bond motifs is 1. The summed E-state index contributed by atoms with van der Waals surface area (Å²) in [4.78, 5) is 16.1. The summed E-state index contributed by atoms with van der Waals surface area (Å²) in [6.45, 7) is 0. The van der Waals surface area contributed by atoms with Crippen LogP contribution in [0.25, 0.3) is 22.0 Å². The molecule has 5 nitrogen and oxygen atoms in total. The first kappa shape index (κ1) is 13.5. The van der Waals surface area contributed by atoms with Crippen LogP contribution >= 0.6 is 11.6 Å². The van der Waals surface area contributed by atoms with E-state index in [1.807, 2.05) is 24.3 Å². The third kappa shape index (κ3) is 2.43. The molecule has 2 heterocycles. The normalized spacial score (nSPS) is 10.6. The van der Waals surface area contributed by atoms with Crippen LogP contribution in [0.1, 0.15) is 10.5 Å². The minimum Gasteiger partial charge on any atom is -0.464 e. The van der Waals surface area contributed by atoms with Gasteiger partial charge in [0.05, 0.1) is 18.8 Å². The van der Waals surface area contributed by atoms with Crippen LogP contribution in [0.2, 0.25) is 5.15 Å². The van der Waals surface area contributed by atoms with Crippen molar-refractivity contribution in [3.63, 3.8) is 0 Å². The first-order chi connectivity index (χ1) is 10.2. The van der Waals surface area contributed by atoms with Gasteiger partial charge in [-0.05, 0) is 23.8 Å². The molecular formula is C15H10ClN3O2. The minimum absolute atomic E-state index is 0.221. The zero-order valence-corrected chi connectivity index (χ0v) is 11.8. The van der Waals surface area contributed by atoms with Crippen LogP contribution in [0.3, 0.4) is 0 Å². The van der Waals surface area contributed by atoms with Crippen molar-refractivity contribution in [2.75, 3.05) is 7.11 Å². The van der Waals surface area contributed by atoms with Gasteiger partial charge in [-0.15, -0.1) is 5.10 Å². The summed E-state index contributed by atoms with van der Waals surface area (Å²) in [6.07, 6.45) is 1.55. The van der Waals surface area contributed by atoms with Crippen LogP contribution in [-0.2, 0) is 4.74 Å². The van der Waals surface area contributed by atoms with E-state index in [0.29, 0.717) is 11.1 Å². The fraction of sp³-hybridized carbons (Fsp3) is 0.0667. The molecule has 104 valence electrons. The molecule has 0 unspecified atom stereocenters. The molecule has 0 saturated heterocycles. The number of rotatable bonds is 2. The number of aromatic nitrogens is 3. The molecule has 0 aliphatic carbocycles. The number of nitrogens with zero attached hydrogens (tertiary/aromatic N) is 3. The topological polar surface area (TPSA) is 65.0 Å². The molecule has 0 N–H and O–H groups in total. The Bertz CT molecular complexity index is 836. The number of carbonyl (C=O) groups excluding carboxylic acids is 1. The van der Waals surface area contributed by atoms with Gasteiger partial charge in [-0.1, -0.05) is 29.8 Å². The summed E-state index contributed by atoms with van der Waals surface area (Å²) in [7, 11) is 1.32. The number of benzene rings is 1. The number of para-hydroxylation sites is 1. The van der Waals surface area contributed by atoms with Gasteiger partial charge >= 0.3 is 5.97 Å². The van der Waals surface area contributed by atoms with Crippen LogP contribution in [0.15, 0.2) is 42.6 Å². The van der Waals surface area contributed by atoms with Crippen molar-refractivity contribution >= 4 is 28.5 Å². The van der Waals surface area contributed by atoms with E-state index in [1.165, 1.54) is 7.11 Å². The van der Waals surface area contributed by atoms with Gasteiger partial charge in [0.15, 0.2) is 5.15 Å². The SMILES string of the molecule is COC(=O)c1cc(-c2ccnnc2Cl)c2ccccc2n1. The second-order valence-electron chi connectivity index (χ2n) is 4.30. The first-order valence-corrected chi connectivity index (χ1v) is 6.54. The van der Waals surface area contributed by atoms with Gasteiger partial charge in [-0.25, -0.2) is 9.78 Å². The van der Waals surface area contributed by atoms with Gasteiger partial charge in [-0.2, -0.15) is 5.10 Å². The molecule has 1 aromatic carbocycles. The van der Waals surface area contributed by atoms with E-state index in [-0.39, 0.29) is 10.8 Å². The molecule has 0 amide bonds. The van der Waals surface area contributed by atoms with Crippen LogP contribution in [-0.4, -0.2) is 28.3 Å². The quantitative estimate of drug-likeness (QED) is 0.680. The summed E-state index contributed by atoms with van der Waals surface area (Å²) < 4.78 is 4.74. The Kier molecular flexibility index (Phi) is 3.50. The molecule has 0 bridgehead atoms. The highest BCUT2D eigenvalue weighted by Crippen LogP contribution is 2.32. The van der Waals surface area contributed by atoms with Crippen LogP contribution in [0, 0.1) is 0 Å². The summed E-state index contributed by atoms with van der Waals surface area (Å²) in [5.41, 5.74) is 2.36. The Labute approximate surface area is 125 Å². The summed E-state index contributed by atoms with van der Waals surface area (Å²) in [6, 6.07) is 10.9. The Hall–Kier alpha value is -2.53. The highest BCUT2D eigenvalue weighted by atomic mass is 35.5. The summed E-state index contributed by atoms with van der Waals surface area (Å²) in [5, 5.41) is 8.71. The van der Waals surface area contributed by atoms with Gasteiger partial charge in [0.2, 0.25) is 0 Å². The molecule has 0 radical (unpaired) electrons. The average Bonchev–Trinajstić information content (AvgIpc) is 2.53. The molecule has 6 heteroatoms. The van der Waals surface area contributed by atoms with Crippen molar-refractivity contribution in [1.29, 1.82) is 0 Å². The Balaban J connectivity index is 2.34. The molecule has 3 rings (SSSR count). The fourth-order valence-corrected chi connectivity index (χ4v) is 2.33. The van der Waals surface area contributed by atoms with Crippen LogP contribution < -0.4 is 0 Å². The third-order valence-corrected chi connectivity index (χ3v) is 3.36. The number of pyridine rings is 1. The zero-order valence-electron chi connectivity index (χ0n) is 11.1. The molecule has 0 aliphatic rings. The molecule has 0 spiro atoms. The Morgan fingerprint density at radius 2 is 2.00 bits per heavy atom. The number of methoxy groups -OCH3 is 1. The Morgan fingerprint density at radius 3 is 2.76 bits per heavy atom. The second-order valence-corrected chi connectivity index (χ2v) is 4.66. The largest absolute Gasteiger partial charge is 0.464 e. The van der Waals surface area contributed by atoms with E-state index in [9.17, 15) is 4.79 Å². The van der Waals surface area contributed by atoms with E-state index in [1.54, 1.807) is 18.3 Å². The van der Waals surface area contributed by atoms with Crippen molar-refractivity contribution in [2.45, 2.75) is 0 Å². The van der Waals surface area contributed by atoms with Crippen molar-refractivity contribution in [3.8, 4) is 11.1 Å². The van der Waals surface area contributed by atoms with E-state index >= 15 is 0 Å². The lowest BCUT2D eigenvalue weighted by Crippen LogP contribution is -2.05. The molecule has 0 atom stereocenters. The van der Waals surface area contributed by atoms with Crippen molar-refractivity contribution in [3.05, 3.63) is 53.4 Å². The van der Waals surface area contributed by atoms with Gasteiger partial charge in [-0.3, -0.25) is 0 Å². The maximum absolute atomic E-state index is 11.8. The zero-order chi connectivity index (χ0) is 14.8. The predicted molar refractivity (Wildman–Crippen MR) is 79.1 cm³/mol. The highest BCUT2D eigenvalue weighted by Gasteiger charge is 2.15. The lowest BCUT2D eigenvalue weighted by Gasteiger charge is -2.09. The lowest BCUT2D eigenvalue weighted by atomic mass is 10.0. The standard InChI is InChI=1S/C15H10ClN3O2/c1-21-15(20)13-8-11(10-6-7-17-19-14(10)16)9-4-2-3-5-12(9)18-13/h2-8H,1H3. The fourth-order valence-electron chi connectivity index (χ4n) is 2.12. The smallest absolute Gasteiger partial charge is 0.356 e. The number of ether oxygens (including phenoxy) is 1. The van der Waals surface area contributed by atoms with E-state index < -0.39 is 5.97 Å². The number of hydrogen-bond donors (Lipinski definition) is 0. The van der Waals surface area contributed by atoms with E-state index in [2.05, 4.69) is 15.2 Å². The van der Waals surface area contributed by atoms with Gasteiger partial charge < -0.3 is 4.74 Å². The minimum atomic E-state index is -0.500. The van der Waals surface area contributed by atoms with Gasteiger partial charge in [0, 0.05) is 10.9 Å². The van der Waals surface area contributed by atoms with Crippen molar-refractivity contribution in [1.82, 2.24) is 15.2 Å². The molecule has 21 heavy (non-hydrogen) atoms. The molecule has 0 saturated carbocycles. The van der Waals surface area contributed by atoms with E-state index in [4.69, 9.17) is 16.3 Å². The molecule has 3 aromatic rings. The predicted octanol–water partition coefficient (Wildman–Crippen LogP) is 3.13. The van der Waals surface area contributed by atoms with Gasteiger partial charge in [0.1, 0.15) is 5.69 Å². The molecular weight excluding hydrogens is 290 g/mol. The first-order valence-electron chi connectivity index (χ1n) is 6.16. The van der Waals surface area contributed by atoms with Gasteiger partial charge in [0.25, 0.3) is 0 Å². The lowest BCUT2D eigenvalue weighted by molar-refractivity contribution is 0.0594. The molecule has 0 fully saturated rings. The Morgan fingerprint density at radius 1 is 1.19 bits per heavy atom. The monoisotopic (exact) mass is 299 g/mol. The second kappa shape index (κ2) is 5.46. The molecule has 2 aromatic heterocycles. The average molecular weight is 300 g/mol. The molecule has 0 aliphatic heterocycles. The van der Waals surface area contributed by atoms with Crippen molar-refractivity contribution in [2.24, 2.45) is 0 Å². The third-order valence-electron chi connectivity index (χ3n) is 3.08. The number of hydrogen-bond acceptors (Lipinski definition) is 5.